The fraction of sp³-hybridized carbons (Fsp3) is 0.333. The summed E-state index contributed by atoms with van der Waals surface area (Å²) in [6.45, 7) is 1.15. The van der Waals surface area contributed by atoms with E-state index in [9.17, 15) is 0 Å². The average Bonchev–Trinajstić information content (AvgIpc) is 2.84. The summed E-state index contributed by atoms with van der Waals surface area (Å²) in [4.78, 5) is 0. The Morgan fingerprint density at radius 3 is 2.63 bits per heavy atom. The zero-order valence-electron chi connectivity index (χ0n) is 11.1. The first-order valence-corrected chi connectivity index (χ1v) is 7.27. The molecule has 1 unspecified atom stereocenters. The van der Waals surface area contributed by atoms with Gasteiger partial charge in [0.25, 0.3) is 0 Å². The van der Waals surface area contributed by atoms with E-state index in [0.717, 1.165) is 6.54 Å². The van der Waals surface area contributed by atoms with Crippen LogP contribution in [-0.2, 0) is 11.8 Å². The van der Waals surface area contributed by atoms with Crippen molar-refractivity contribution >= 4 is 0 Å². The predicted octanol–water partition coefficient (Wildman–Crippen LogP) is 3.61. The van der Waals surface area contributed by atoms with Crippen LogP contribution in [0.5, 0.6) is 0 Å². The molecule has 1 fully saturated rings. The van der Waals surface area contributed by atoms with Gasteiger partial charge in [-0.2, -0.15) is 0 Å². The molecular weight excluding hydrogens is 230 g/mol. The smallest absolute Gasteiger partial charge is 0.0424 e. The largest absolute Gasteiger partial charge is 0.309 e. The highest BCUT2D eigenvalue weighted by atomic mass is 15.0. The van der Waals surface area contributed by atoms with Gasteiger partial charge < -0.3 is 5.32 Å². The first-order chi connectivity index (χ1) is 9.40. The number of rotatable bonds is 1. The Balaban J connectivity index is 1.87. The van der Waals surface area contributed by atoms with E-state index >= 15 is 0 Å². The lowest BCUT2D eigenvalue weighted by Crippen LogP contribution is -2.44. The van der Waals surface area contributed by atoms with E-state index in [0.29, 0.717) is 6.04 Å². The van der Waals surface area contributed by atoms with Crippen LogP contribution in [-0.4, -0.2) is 6.54 Å². The second-order valence-corrected chi connectivity index (χ2v) is 5.89. The molecule has 0 amide bonds. The molecule has 2 aliphatic rings. The highest BCUT2D eigenvalue weighted by Gasteiger charge is 2.48. The van der Waals surface area contributed by atoms with E-state index in [2.05, 4.69) is 59.9 Å². The quantitative estimate of drug-likeness (QED) is 0.814. The van der Waals surface area contributed by atoms with Crippen LogP contribution in [0.4, 0.5) is 0 Å². The van der Waals surface area contributed by atoms with E-state index in [1.165, 1.54) is 36.0 Å². The normalized spacial score (nSPS) is 28.7. The Hall–Kier alpha value is -1.60. The summed E-state index contributed by atoms with van der Waals surface area (Å²) in [5, 5.41) is 3.78. The zero-order valence-corrected chi connectivity index (χ0v) is 11.1. The fourth-order valence-electron chi connectivity index (χ4n) is 4.09. The van der Waals surface area contributed by atoms with Gasteiger partial charge in [-0.25, -0.2) is 0 Å². The number of nitrogens with one attached hydrogen (secondary N) is 1. The highest BCUT2D eigenvalue weighted by Crippen LogP contribution is 2.51. The van der Waals surface area contributed by atoms with Crippen LogP contribution < -0.4 is 5.32 Å². The topological polar surface area (TPSA) is 12.0 Å². The third kappa shape index (κ3) is 1.58. The molecule has 19 heavy (non-hydrogen) atoms. The van der Waals surface area contributed by atoms with Crippen LogP contribution in [0.3, 0.4) is 0 Å². The van der Waals surface area contributed by atoms with Crippen LogP contribution in [0.1, 0.15) is 35.6 Å². The lowest BCUT2D eigenvalue weighted by atomic mass is 9.69. The molecule has 0 saturated carbocycles. The monoisotopic (exact) mass is 249 g/mol. The summed E-state index contributed by atoms with van der Waals surface area (Å²) in [5.74, 6) is 0. The summed E-state index contributed by atoms with van der Waals surface area (Å²) in [5.41, 5.74) is 4.84. The van der Waals surface area contributed by atoms with Crippen molar-refractivity contribution in [3.63, 3.8) is 0 Å². The molecule has 1 nitrogen and oxygen atoms in total. The van der Waals surface area contributed by atoms with Crippen molar-refractivity contribution in [2.75, 3.05) is 6.54 Å². The maximum atomic E-state index is 3.78. The van der Waals surface area contributed by atoms with Gasteiger partial charge in [0.05, 0.1) is 0 Å². The van der Waals surface area contributed by atoms with Crippen molar-refractivity contribution in [1.82, 2.24) is 5.32 Å². The summed E-state index contributed by atoms with van der Waals surface area (Å²) in [6, 6.07) is 20.6. The van der Waals surface area contributed by atoms with E-state index in [1.54, 1.807) is 0 Å². The molecule has 2 aromatic rings. The van der Waals surface area contributed by atoms with E-state index < -0.39 is 0 Å². The van der Waals surface area contributed by atoms with Gasteiger partial charge in [-0.05, 0) is 42.5 Å². The van der Waals surface area contributed by atoms with Crippen LogP contribution in [0.25, 0.3) is 0 Å². The molecule has 1 heterocycles. The van der Waals surface area contributed by atoms with Gasteiger partial charge in [-0.1, -0.05) is 54.6 Å². The van der Waals surface area contributed by atoms with Crippen molar-refractivity contribution in [2.45, 2.75) is 30.7 Å². The summed E-state index contributed by atoms with van der Waals surface area (Å²) < 4.78 is 0. The molecule has 0 spiro atoms. The molecule has 1 saturated heterocycles. The van der Waals surface area contributed by atoms with Gasteiger partial charge in [0, 0.05) is 11.5 Å². The van der Waals surface area contributed by atoms with Gasteiger partial charge >= 0.3 is 0 Å². The first-order valence-electron chi connectivity index (χ1n) is 7.27. The van der Waals surface area contributed by atoms with Crippen LogP contribution in [0, 0.1) is 0 Å². The minimum absolute atomic E-state index is 0.281. The van der Waals surface area contributed by atoms with Gasteiger partial charge in [0.1, 0.15) is 0 Å². The van der Waals surface area contributed by atoms with Crippen LogP contribution >= 0.6 is 0 Å². The van der Waals surface area contributed by atoms with Crippen LogP contribution in [0.2, 0.25) is 0 Å². The second kappa shape index (κ2) is 4.21. The highest BCUT2D eigenvalue weighted by molar-refractivity contribution is 5.46. The first kappa shape index (κ1) is 11.2. The molecular formula is C18H19N. The van der Waals surface area contributed by atoms with Crippen molar-refractivity contribution in [3.05, 3.63) is 71.3 Å². The molecule has 1 heteroatoms. The SMILES string of the molecule is c1ccc([C@@]23CCCNC2c2ccccc2C3)cc1. The Morgan fingerprint density at radius 1 is 0.947 bits per heavy atom. The van der Waals surface area contributed by atoms with Gasteiger partial charge in [0.2, 0.25) is 0 Å². The Morgan fingerprint density at radius 2 is 1.74 bits per heavy atom. The summed E-state index contributed by atoms with van der Waals surface area (Å²) >= 11 is 0. The van der Waals surface area contributed by atoms with Crippen molar-refractivity contribution in [1.29, 1.82) is 0 Å². The molecule has 0 radical (unpaired) electrons. The Kier molecular flexibility index (Phi) is 2.49. The molecule has 2 atom stereocenters. The molecule has 1 N–H and O–H groups in total. The Labute approximate surface area is 114 Å². The molecule has 0 bridgehead atoms. The lowest BCUT2D eigenvalue weighted by Gasteiger charge is -2.41. The summed E-state index contributed by atoms with van der Waals surface area (Å²) in [7, 11) is 0. The maximum Gasteiger partial charge on any atom is 0.0424 e. The number of hydrogen-bond acceptors (Lipinski definition) is 1. The van der Waals surface area contributed by atoms with Gasteiger partial charge in [0.15, 0.2) is 0 Å². The second-order valence-electron chi connectivity index (χ2n) is 5.89. The Bertz CT molecular complexity index is 590. The molecule has 0 aromatic heterocycles. The zero-order chi connectivity index (χ0) is 12.7. The number of benzene rings is 2. The van der Waals surface area contributed by atoms with Crippen molar-refractivity contribution in [2.24, 2.45) is 0 Å². The third-order valence-electron chi connectivity index (χ3n) is 4.92. The lowest BCUT2D eigenvalue weighted by molar-refractivity contribution is 0.248. The van der Waals surface area contributed by atoms with Crippen molar-refractivity contribution < 1.29 is 0 Å². The van der Waals surface area contributed by atoms with Gasteiger partial charge in [-0.3, -0.25) is 0 Å². The van der Waals surface area contributed by atoms with Crippen molar-refractivity contribution in [3.8, 4) is 0 Å². The predicted molar refractivity (Wildman–Crippen MR) is 78.2 cm³/mol. The summed E-state index contributed by atoms with van der Waals surface area (Å²) in [6.07, 6.45) is 3.76. The van der Waals surface area contributed by atoms with Gasteiger partial charge in [-0.15, -0.1) is 0 Å². The number of fused-ring (bicyclic) bond motifs is 3. The molecule has 1 aliphatic carbocycles. The van der Waals surface area contributed by atoms with E-state index in [4.69, 9.17) is 0 Å². The minimum Gasteiger partial charge on any atom is -0.309 e. The maximum absolute atomic E-state index is 3.78. The third-order valence-corrected chi connectivity index (χ3v) is 4.92. The van der Waals surface area contributed by atoms with E-state index in [1.807, 2.05) is 0 Å². The fourth-order valence-corrected chi connectivity index (χ4v) is 4.09. The molecule has 4 rings (SSSR count). The molecule has 2 aromatic carbocycles. The molecule has 96 valence electrons. The molecule has 1 aliphatic heterocycles. The standard InChI is InChI=1S/C18H19N/c1-2-8-15(9-3-1)18-11-6-12-19-17(18)16-10-5-4-7-14(16)13-18/h1-5,7-10,17,19H,6,11-13H2/t17?,18-/m0/s1. The van der Waals surface area contributed by atoms with E-state index in [-0.39, 0.29) is 5.41 Å². The van der Waals surface area contributed by atoms with Crippen LogP contribution in [0.15, 0.2) is 54.6 Å². The number of hydrogen-bond donors (Lipinski definition) is 1. The minimum atomic E-state index is 0.281. The number of piperidine rings is 1. The average molecular weight is 249 g/mol.